The topological polar surface area (TPSA) is 130 Å². The van der Waals surface area contributed by atoms with Gasteiger partial charge >= 0.3 is 0 Å². The number of aliphatic hydroxyl groups is 1. The molecule has 0 unspecified atom stereocenters. The number of methoxy groups -OCH3 is 1. The molecule has 1 N–H and O–H groups in total. The van der Waals surface area contributed by atoms with Crippen LogP contribution in [0.25, 0.3) is 0 Å². The number of aromatic nitrogens is 1. The van der Waals surface area contributed by atoms with Gasteiger partial charge < -0.3 is 14.4 Å². The number of hydrogen-bond acceptors (Lipinski definition) is 8. The van der Waals surface area contributed by atoms with Crippen molar-refractivity contribution in [1.82, 2.24) is 13.8 Å². The maximum absolute atomic E-state index is 13.6. The fraction of sp³-hybridized carbons (Fsp3) is 0.690. The van der Waals surface area contributed by atoms with Crippen molar-refractivity contribution in [3.8, 4) is 5.75 Å². The highest BCUT2D eigenvalue weighted by molar-refractivity contribution is 7.89. The van der Waals surface area contributed by atoms with E-state index in [1.165, 1.54) is 27.9 Å². The van der Waals surface area contributed by atoms with Crippen LogP contribution >= 0.6 is 0 Å². The molecule has 10 nitrogen and oxygen atoms in total. The second-order valence-electron chi connectivity index (χ2n) is 12.5. The molecule has 3 rings (SSSR count). The van der Waals surface area contributed by atoms with Crippen molar-refractivity contribution in [2.45, 2.75) is 88.9 Å². The Morgan fingerprint density at radius 1 is 1.05 bits per heavy atom. The Morgan fingerprint density at radius 2 is 1.68 bits per heavy atom. The number of aliphatic hydroxyl groups excluding tert-OH is 1. The molecule has 0 radical (unpaired) electrons. The molecule has 1 heterocycles. The average Bonchev–Trinajstić information content (AvgIpc) is 3.57. The molecule has 0 spiro atoms. The lowest BCUT2D eigenvalue weighted by Gasteiger charge is -2.29. The maximum atomic E-state index is 13.6. The molecule has 1 aliphatic rings. The summed E-state index contributed by atoms with van der Waals surface area (Å²) in [6.45, 7) is 10.3. The van der Waals surface area contributed by atoms with Crippen LogP contribution in [-0.4, -0.2) is 75.1 Å². The van der Waals surface area contributed by atoms with Gasteiger partial charge in [0.2, 0.25) is 20.0 Å². The highest BCUT2D eigenvalue weighted by Crippen LogP contribution is 2.28. The first kappa shape index (κ1) is 33.5. The molecular weight excluding hydrogens is 566 g/mol. The smallest absolute Gasteiger partial charge is 0.243 e. The van der Waals surface area contributed by atoms with Crippen LogP contribution in [0.5, 0.6) is 5.75 Å². The molecule has 1 aromatic heterocycles. The van der Waals surface area contributed by atoms with Crippen molar-refractivity contribution in [2.75, 3.05) is 33.3 Å². The monoisotopic (exact) mass is 613 g/mol. The lowest BCUT2D eigenvalue weighted by molar-refractivity contribution is 0.125. The Labute approximate surface area is 246 Å². The summed E-state index contributed by atoms with van der Waals surface area (Å²) in [7, 11) is -6.14. The Kier molecular flexibility index (Phi) is 11.4. The lowest BCUT2D eigenvalue weighted by Crippen LogP contribution is -2.42. The van der Waals surface area contributed by atoms with Gasteiger partial charge in [0.1, 0.15) is 23.0 Å². The third-order valence-electron chi connectivity index (χ3n) is 7.35. The molecule has 41 heavy (non-hydrogen) atoms. The van der Waals surface area contributed by atoms with E-state index in [4.69, 9.17) is 9.26 Å². The summed E-state index contributed by atoms with van der Waals surface area (Å²) in [6.07, 6.45) is 3.14. The van der Waals surface area contributed by atoms with Gasteiger partial charge in [-0.25, -0.2) is 21.1 Å². The molecule has 1 aliphatic carbocycles. The predicted molar refractivity (Wildman–Crippen MR) is 159 cm³/mol. The minimum absolute atomic E-state index is 0.0231. The van der Waals surface area contributed by atoms with Gasteiger partial charge in [0, 0.05) is 37.7 Å². The van der Waals surface area contributed by atoms with Gasteiger partial charge in [-0.15, -0.1) is 0 Å². The van der Waals surface area contributed by atoms with Crippen LogP contribution in [0.15, 0.2) is 39.8 Å². The number of sulfonamides is 2. The first-order valence-corrected chi connectivity index (χ1v) is 17.4. The number of rotatable bonds is 15. The molecule has 1 fully saturated rings. The molecule has 1 atom stereocenters. The van der Waals surface area contributed by atoms with Gasteiger partial charge in [-0.1, -0.05) is 52.6 Å². The van der Waals surface area contributed by atoms with Crippen molar-refractivity contribution in [3.05, 3.63) is 41.8 Å². The van der Waals surface area contributed by atoms with Crippen LogP contribution in [0.3, 0.4) is 0 Å². The Morgan fingerprint density at radius 3 is 2.22 bits per heavy atom. The number of ether oxygens (including phenoxy) is 1. The zero-order valence-electron chi connectivity index (χ0n) is 25.2. The molecular formula is C29H47N3O7S2. The predicted octanol–water partition coefficient (Wildman–Crippen LogP) is 4.40. The zero-order chi connectivity index (χ0) is 30.4. The van der Waals surface area contributed by atoms with Gasteiger partial charge in [0.25, 0.3) is 0 Å². The number of benzene rings is 1. The van der Waals surface area contributed by atoms with Crippen molar-refractivity contribution in [1.29, 1.82) is 0 Å². The second-order valence-corrected chi connectivity index (χ2v) is 16.4. The molecule has 2 aromatic rings. The van der Waals surface area contributed by atoms with Crippen LogP contribution in [0, 0.1) is 11.8 Å². The van der Waals surface area contributed by atoms with Gasteiger partial charge in [-0.05, 0) is 55.4 Å². The van der Waals surface area contributed by atoms with Gasteiger partial charge in [-0.2, -0.15) is 4.31 Å². The first-order chi connectivity index (χ1) is 19.1. The largest absolute Gasteiger partial charge is 0.497 e. The first-order valence-electron chi connectivity index (χ1n) is 14.4. The minimum atomic E-state index is -3.89. The average molecular weight is 614 g/mol. The minimum Gasteiger partial charge on any atom is -0.497 e. The highest BCUT2D eigenvalue weighted by Gasteiger charge is 2.32. The van der Waals surface area contributed by atoms with Crippen LogP contribution in [0.1, 0.15) is 78.2 Å². The van der Waals surface area contributed by atoms with Gasteiger partial charge in [-0.3, -0.25) is 0 Å². The molecule has 0 amide bonds. The number of nitrogens with zero attached hydrogens (tertiary/aromatic N) is 3. The van der Waals surface area contributed by atoms with Crippen LogP contribution in [-0.2, 0) is 31.2 Å². The highest BCUT2D eigenvalue weighted by atomic mass is 32.2. The van der Waals surface area contributed by atoms with Gasteiger partial charge in [0.15, 0.2) is 0 Å². The molecule has 1 aromatic carbocycles. The van der Waals surface area contributed by atoms with Gasteiger partial charge in [0.05, 0.1) is 18.1 Å². The second kappa shape index (κ2) is 14.0. The SMILES string of the molecule is COc1ccc(S(=O)(=O)N(CC(C)C)C[C@@H](O)CCN(CC2CCCC2)S(=O)(=O)Cc2cc(C(C)(C)C)on2)cc1. The molecule has 0 bridgehead atoms. The third kappa shape index (κ3) is 9.51. The fourth-order valence-electron chi connectivity index (χ4n) is 5.03. The van der Waals surface area contributed by atoms with E-state index in [1.807, 2.05) is 34.6 Å². The summed E-state index contributed by atoms with van der Waals surface area (Å²) >= 11 is 0. The Balaban J connectivity index is 1.74. The molecule has 0 saturated heterocycles. The molecule has 1 saturated carbocycles. The quantitative estimate of drug-likeness (QED) is 0.313. The molecule has 0 aliphatic heterocycles. The summed E-state index contributed by atoms with van der Waals surface area (Å²) in [6, 6.07) is 7.83. The van der Waals surface area contributed by atoms with E-state index in [-0.39, 0.29) is 54.0 Å². The van der Waals surface area contributed by atoms with E-state index >= 15 is 0 Å². The van der Waals surface area contributed by atoms with E-state index in [0.29, 0.717) is 23.7 Å². The number of hydrogen-bond donors (Lipinski definition) is 1. The van der Waals surface area contributed by atoms with Crippen molar-refractivity contribution in [2.24, 2.45) is 11.8 Å². The van der Waals surface area contributed by atoms with Crippen molar-refractivity contribution in [3.63, 3.8) is 0 Å². The van der Waals surface area contributed by atoms with E-state index in [1.54, 1.807) is 18.2 Å². The van der Waals surface area contributed by atoms with E-state index in [9.17, 15) is 21.9 Å². The van der Waals surface area contributed by atoms with Crippen molar-refractivity contribution >= 4 is 20.0 Å². The summed E-state index contributed by atoms with van der Waals surface area (Å²) < 4.78 is 67.3. The third-order valence-corrected chi connectivity index (χ3v) is 11.0. The Hall–Kier alpha value is -1.99. The molecule has 232 valence electrons. The standard InChI is InChI=1S/C29H47N3O7S2/c1-22(2)18-32(41(36,37)27-13-11-26(38-6)12-14-27)20-25(33)15-16-31(19-23-9-7-8-10-23)40(34,35)21-24-17-28(39-30-24)29(3,4)5/h11-14,17,22-23,25,33H,7-10,15-16,18-21H2,1-6H3/t25-/m0/s1. The summed E-state index contributed by atoms with van der Waals surface area (Å²) in [5, 5.41) is 15.0. The summed E-state index contributed by atoms with van der Waals surface area (Å²) in [5.41, 5.74) is 0.0528. The van der Waals surface area contributed by atoms with E-state index in [0.717, 1.165) is 25.7 Å². The normalized spacial score (nSPS) is 16.2. The molecule has 12 heteroatoms. The van der Waals surface area contributed by atoms with Crippen LogP contribution in [0.2, 0.25) is 0 Å². The maximum Gasteiger partial charge on any atom is 0.243 e. The van der Waals surface area contributed by atoms with Crippen molar-refractivity contribution < 1.29 is 31.2 Å². The van der Waals surface area contributed by atoms with Crippen LogP contribution in [0.4, 0.5) is 0 Å². The lowest BCUT2D eigenvalue weighted by atomic mass is 9.93. The summed E-state index contributed by atoms with van der Waals surface area (Å²) in [4.78, 5) is 0.110. The fourth-order valence-corrected chi connectivity index (χ4v) is 8.19. The summed E-state index contributed by atoms with van der Waals surface area (Å²) in [5.74, 6) is 1.15. The van der Waals surface area contributed by atoms with E-state index < -0.39 is 26.2 Å². The van der Waals surface area contributed by atoms with Crippen LogP contribution < -0.4 is 4.74 Å². The van der Waals surface area contributed by atoms with E-state index in [2.05, 4.69) is 5.16 Å². The zero-order valence-corrected chi connectivity index (χ0v) is 26.9. The Bertz CT molecular complexity index is 1310.